The molecule has 0 saturated heterocycles. The van der Waals surface area contributed by atoms with E-state index in [2.05, 4.69) is 4.74 Å². The molecule has 2 N–H and O–H groups in total. The van der Waals surface area contributed by atoms with Gasteiger partial charge >= 0.3 is 18.1 Å². The lowest BCUT2D eigenvalue weighted by Gasteiger charge is -2.18. The number of halogens is 3. The Morgan fingerprint density at radius 2 is 1.53 bits per heavy atom. The van der Waals surface area contributed by atoms with Gasteiger partial charge in [0.2, 0.25) is 5.91 Å². The van der Waals surface area contributed by atoms with E-state index in [0.29, 0.717) is 4.90 Å². The Balaban J connectivity index is 4.17. The van der Waals surface area contributed by atoms with Crippen molar-refractivity contribution in [1.29, 1.82) is 0 Å². The van der Waals surface area contributed by atoms with Crippen LogP contribution in [0.4, 0.5) is 13.2 Å². The lowest BCUT2D eigenvalue weighted by Crippen LogP contribution is -2.39. The van der Waals surface area contributed by atoms with E-state index in [1.165, 1.54) is 0 Å². The third-order valence-electron chi connectivity index (χ3n) is 1.73. The van der Waals surface area contributed by atoms with Crippen LogP contribution in [0.2, 0.25) is 0 Å². The maximum absolute atomic E-state index is 11.7. The molecule has 0 aromatic rings. The Bertz CT molecular complexity index is 327. The average Bonchev–Trinajstić information content (AvgIpc) is 2.20. The lowest BCUT2D eigenvalue weighted by atomic mass is 10.3. The Morgan fingerprint density at radius 3 is 1.89 bits per heavy atom. The van der Waals surface area contributed by atoms with Crippen molar-refractivity contribution in [2.45, 2.75) is 12.6 Å². The quantitative estimate of drug-likeness (QED) is 0.607. The largest absolute Gasteiger partial charge is 0.480 e. The highest BCUT2D eigenvalue weighted by molar-refractivity contribution is 5.85. The van der Waals surface area contributed by atoms with E-state index in [-0.39, 0.29) is 0 Å². The van der Waals surface area contributed by atoms with Gasteiger partial charge in [-0.2, -0.15) is 13.2 Å². The zero-order valence-electron chi connectivity index (χ0n) is 9.64. The number of carbonyl (C=O) groups is 3. The summed E-state index contributed by atoms with van der Waals surface area (Å²) in [5.41, 5.74) is 0. The van der Waals surface area contributed by atoms with Gasteiger partial charge in [0.1, 0.15) is 19.7 Å². The third kappa shape index (κ3) is 9.83. The number of hydrogen-bond donors (Lipinski definition) is 2. The molecule has 0 aromatic heterocycles. The van der Waals surface area contributed by atoms with E-state index < -0.39 is 56.7 Å². The van der Waals surface area contributed by atoms with Crippen LogP contribution in [0.5, 0.6) is 0 Å². The van der Waals surface area contributed by atoms with Crippen molar-refractivity contribution in [2.75, 3.05) is 26.3 Å². The van der Waals surface area contributed by atoms with E-state index in [4.69, 9.17) is 10.2 Å². The summed E-state index contributed by atoms with van der Waals surface area (Å²) < 4.78 is 39.3. The molecular weight excluding hydrogens is 275 g/mol. The number of alkyl halides is 3. The number of amides is 1. The highest BCUT2D eigenvalue weighted by Gasteiger charge is 2.27. The Labute approximate surface area is 105 Å². The normalized spacial score (nSPS) is 11.1. The minimum absolute atomic E-state index is 0.502. The van der Waals surface area contributed by atoms with Crippen LogP contribution in [-0.2, 0) is 19.1 Å². The molecule has 10 heteroatoms. The molecule has 1 amide bonds. The van der Waals surface area contributed by atoms with Crippen LogP contribution in [0, 0.1) is 0 Å². The predicted octanol–water partition coefficient (Wildman–Crippen LogP) is -0.0468. The van der Waals surface area contributed by atoms with Gasteiger partial charge in [-0.15, -0.1) is 0 Å². The fraction of sp³-hybridized carbons (Fsp3) is 0.667. The maximum atomic E-state index is 11.7. The summed E-state index contributed by atoms with van der Waals surface area (Å²) in [6, 6.07) is 0. The van der Waals surface area contributed by atoms with Crippen molar-refractivity contribution >= 4 is 17.8 Å². The second-order valence-electron chi connectivity index (χ2n) is 3.46. The molecule has 0 radical (unpaired) electrons. The summed E-state index contributed by atoms with van der Waals surface area (Å²) in [6.45, 7) is -3.79. The number of carbonyl (C=O) groups excluding carboxylic acids is 1. The van der Waals surface area contributed by atoms with Crippen molar-refractivity contribution < 1.29 is 42.5 Å². The van der Waals surface area contributed by atoms with Gasteiger partial charge < -0.3 is 19.8 Å². The van der Waals surface area contributed by atoms with Gasteiger partial charge in [-0.1, -0.05) is 0 Å². The number of aliphatic carboxylic acids is 2. The lowest BCUT2D eigenvalue weighted by molar-refractivity contribution is -0.175. The molecule has 0 bridgehead atoms. The molecule has 0 heterocycles. The zero-order chi connectivity index (χ0) is 15.1. The molecule has 0 rings (SSSR count). The van der Waals surface area contributed by atoms with E-state index >= 15 is 0 Å². The van der Waals surface area contributed by atoms with E-state index in [1.807, 2.05) is 0 Å². The summed E-state index contributed by atoms with van der Waals surface area (Å²) >= 11 is 0. The van der Waals surface area contributed by atoms with Crippen LogP contribution in [0.1, 0.15) is 6.42 Å². The molecule has 110 valence electrons. The van der Waals surface area contributed by atoms with Crippen LogP contribution < -0.4 is 0 Å². The van der Waals surface area contributed by atoms with Crippen molar-refractivity contribution in [3.05, 3.63) is 0 Å². The second kappa shape index (κ2) is 7.56. The molecule has 0 saturated carbocycles. The fourth-order valence-electron chi connectivity index (χ4n) is 1.06. The molecule has 0 atom stereocenters. The number of ether oxygens (including phenoxy) is 1. The number of rotatable bonds is 8. The predicted molar refractivity (Wildman–Crippen MR) is 53.3 cm³/mol. The highest BCUT2D eigenvalue weighted by Crippen LogP contribution is 2.14. The number of carboxylic acids is 2. The second-order valence-corrected chi connectivity index (χ2v) is 3.46. The van der Waals surface area contributed by atoms with Gasteiger partial charge in [0.25, 0.3) is 0 Å². The maximum Gasteiger partial charge on any atom is 0.411 e. The van der Waals surface area contributed by atoms with Gasteiger partial charge in [0, 0.05) is 0 Å². The summed E-state index contributed by atoms with van der Waals surface area (Å²) in [6.07, 6.45) is -5.05. The minimum atomic E-state index is -4.52. The van der Waals surface area contributed by atoms with Crippen LogP contribution >= 0.6 is 0 Å². The summed E-state index contributed by atoms with van der Waals surface area (Å²) in [4.78, 5) is 32.7. The molecule has 7 nitrogen and oxygen atoms in total. The number of hydrogen-bond acceptors (Lipinski definition) is 4. The first-order chi connectivity index (χ1) is 8.61. The standard InChI is InChI=1S/C9H12F3NO6/c10-9(11,12)5-19-2-1-6(14)13(3-7(15)16)4-8(17)18/h1-5H2,(H,15,16)(H,17,18). The summed E-state index contributed by atoms with van der Waals surface area (Å²) in [5.74, 6) is -3.76. The van der Waals surface area contributed by atoms with Crippen molar-refractivity contribution in [1.82, 2.24) is 4.90 Å². The Morgan fingerprint density at radius 1 is 1.05 bits per heavy atom. The zero-order valence-corrected chi connectivity index (χ0v) is 9.64. The monoisotopic (exact) mass is 287 g/mol. The van der Waals surface area contributed by atoms with Crippen LogP contribution in [0.25, 0.3) is 0 Å². The third-order valence-corrected chi connectivity index (χ3v) is 1.73. The van der Waals surface area contributed by atoms with Crippen molar-refractivity contribution in [3.63, 3.8) is 0 Å². The Kier molecular flexibility index (Phi) is 6.83. The molecular formula is C9H12F3NO6. The van der Waals surface area contributed by atoms with Crippen molar-refractivity contribution in [3.8, 4) is 0 Å². The first kappa shape index (κ1) is 17.2. The molecule has 0 aliphatic rings. The Hall–Kier alpha value is -1.84. The molecule has 0 spiro atoms. The fourth-order valence-corrected chi connectivity index (χ4v) is 1.06. The first-order valence-electron chi connectivity index (χ1n) is 4.97. The molecule has 0 unspecified atom stereocenters. The number of carboxylic acid groups (broad SMARTS) is 2. The van der Waals surface area contributed by atoms with Gasteiger partial charge in [0.15, 0.2) is 0 Å². The average molecular weight is 287 g/mol. The van der Waals surface area contributed by atoms with Gasteiger partial charge in [-0.3, -0.25) is 14.4 Å². The number of nitrogens with zero attached hydrogens (tertiary/aromatic N) is 1. The smallest absolute Gasteiger partial charge is 0.411 e. The van der Waals surface area contributed by atoms with Crippen LogP contribution in [0.15, 0.2) is 0 Å². The first-order valence-corrected chi connectivity index (χ1v) is 4.97. The van der Waals surface area contributed by atoms with E-state index in [0.717, 1.165) is 0 Å². The van der Waals surface area contributed by atoms with Crippen LogP contribution in [0.3, 0.4) is 0 Å². The molecule has 19 heavy (non-hydrogen) atoms. The van der Waals surface area contributed by atoms with Gasteiger partial charge in [0.05, 0.1) is 13.0 Å². The molecule has 0 aliphatic heterocycles. The van der Waals surface area contributed by atoms with Crippen LogP contribution in [-0.4, -0.2) is 65.4 Å². The van der Waals surface area contributed by atoms with Gasteiger partial charge in [-0.05, 0) is 0 Å². The highest BCUT2D eigenvalue weighted by atomic mass is 19.4. The van der Waals surface area contributed by atoms with Gasteiger partial charge in [-0.25, -0.2) is 0 Å². The SMILES string of the molecule is O=C(O)CN(CC(=O)O)C(=O)CCOCC(F)(F)F. The summed E-state index contributed by atoms with van der Waals surface area (Å²) in [5, 5.41) is 16.9. The molecule has 0 fully saturated rings. The minimum Gasteiger partial charge on any atom is -0.480 e. The molecule has 0 aliphatic carbocycles. The molecule has 0 aromatic carbocycles. The topological polar surface area (TPSA) is 104 Å². The van der Waals surface area contributed by atoms with Crippen molar-refractivity contribution in [2.24, 2.45) is 0 Å². The van der Waals surface area contributed by atoms with E-state index in [9.17, 15) is 27.6 Å². The summed E-state index contributed by atoms with van der Waals surface area (Å²) in [7, 11) is 0. The van der Waals surface area contributed by atoms with E-state index in [1.54, 1.807) is 0 Å².